The van der Waals surface area contributed by atoms with E-state index >= 15 is 0 Å². The number of nitrogens with one attached hydrogen (secondary N) is 1. The van der Waals surface area contributed by atoms with Crippen LogP contribution in [0.1, 0.15) is 40.5 Å². The highest BCUT2D eigenvalue weighted by Crippen LogP contribution is 2.41. The molecule has 6 nitrogen and oxygen atoms in total. The Balaban J connectivity index is 1.35. The number of halogens is 1. The first-order valence-electron chi connectivity index (χ1n) is 9.46. The molecule has 1 aliphatic rings. The second-order valence-electron chi connectivity index (χ2n) is 7.26. The van der Waals surface area contributed by atoms with Gasteiger partial charge in [-0.2, -0.15) is 4.39 Å². The van der Waals surface area contributed by atoms with Crippen LogP contribution >= 0.6 is 0 Å². The molecule has 1 saturated carbocycles. The Labute approximate surface area is 166 Å². The number of rotatable bonds is 4. The Morgan fingerprint density at radius 2 is 1.97 bits per heavy atom. The van der Waals surface area contributed by atoms with E-state index in [2.05, 4.69) is 22.2 Å². The van der Waals surface area contributed by atoms with Gasteiger partial charge in [0.2, 0.25) is 5.95 Å². The highest BCUT2D eigenvalue weighted by molar-refractivity contribution is 6.04. The molecular weight excluding hydrogens is 369 g/mol. The van der Waals surface area contributed by atoms with Gasteiger partial charge in [0.05, 0.1) is 22.6 Å². The molecule has 0 radical (unpaired) electrons. The second kappa shape index (κ2) is 6.77. The molecule has 144 valence electrons. The van der Waals surface area contributed by atoms with Crippen molar-refractivity contribution in [3.8, 4) is 11.3 Å². The lowest BCUT2D eigenvalue weighted by Gasteiger charge is -2.07. The van der Waals surface area contributed by atoms with Gasteiger partial charge >= 0.3 is 0 Å². The summed E-state index contributed by atoms with van der Waals surface area (Å²) in [5, 5.41) is 2.91. The zero-order valence-electron chi connectivity index (χ0n) is 15.8. The Morgan fingerprint density at radius 3 is 2.66 bits per heavy atom. The third-order valence-electron chi connectivity index (χ3n) is 5.16. The summed E-state index contributed by atoms with van der Waals surface area (Å²) in [5.74, 6) is -0.214. The van der Waals surface area contributed by atoms with Crippen LogP contribution in [0.25, 0.3) is 16.9 Å². The first kappa shape index (κ1) is 17.5. The largest absolute Gasteiger partial charge is 0.321 e. The maximum absolute atomic E-state index is 13.0. The number of carbonyl (C=O) groups is 1. The second-order valence-corrected chi connectivity index (χ2v) is 7.26. The van der Waals surface area contributed by atoms with Crippen molar-refractivity contribution in [2.24, 2.45) is 0 Å². The summed E-state index contributed by atoms with van der Waals surface area (Å²) in [7, 11) is 0. The van der Waals surface area contributed by atoms with Gasteiger partial charge in [-0.05, 0) is 56.2 Å². The van der Waals surface area contributed by atoms with Crippen molar-refractivity contribution in [2.75, 3.05) is 5.32 Å². The van der Waals surface area contributed by atoms with Crippen LogP contribution < -0.4 is 5.32 Å². The van der Waals surface area contributed by atoms with Gasteiger partial charge in [-0.15, -0.1) is 0 Å². The van der Waals surface area contributed by atoms with Crippen molar-refractivity contribution < 1.29 is 9.18 Å². The van der Waals surface area contributed by atoms with Crippen LogP contribution in [0.2, 0.25) is 0 Å². The van der Waals surface area contributed by atoms with E-state index in [1.807, 2.05) is 22.7 Å². The molecule has 4 aromatic rings. The van der Waals surface area contributed by atoms with Crippen LogP contribution in [0, 0.1) is 12.9 Å². The fourth-order valence-electron chi connectivity index (χ4n) is 3.43. The minimum Gasteiger partial charge on any atom is -0.321 e. The van der Waals surface area contributed by atoms with Crippen LogP contribution in [0.3, 0.4) is 0 Å². The van der Waals surface area contributed by atoms with Crippen molar-refractivity contribution in [1.29, 1.82) is 0 Å². The summed E-state index contributed by atoms with van der Waals surface area (Å²) in [5.41, 5.74) is 5.60. The maximum atomic E-state index is 13.0. The van der Waals surface area contributed by atoms with E-state index in [4.69, 9.17) is 4.98 Å². The number of fused-ring (bicyclic) bond motifs is 1. The number of amides is 1. The van der Waals surface area contributed by atoms with Gasteiger partial charge in [0.15, 0.2) is 0 Å². The van der Waals surface area contributed by atoms with E-state index in [9.17, 15) is 9.18 Å². The van der Waals surface area contributed by atoms with Gasteiger partial charge in [-0.25, -0.2) is 9.97 Å². The summed E-state index contributed by atoms with van der Waals surface area (Å²) >= 11 is 0. The lowest BCUT2D eigenvalue weighted by atomic mass is 10.1. The number of carbonyl (C=O) groups excluding carboxylic acids is 1. The molecule has 1 fully saturated rings. The van der Waals surface area contributed by atoms with Gasteiger partial charge in [0.1, 0.15) is 5.65 Å². The van der Waals surface area contributed by atoms with E-state index in [0.29, 0.717) is 28.4 Å². The van der Waals surface area contributed by atoms with Gasteiger partial charge < -0.3 is 9.72 Å². The fourth-order valence-corrected chi connectivity index (χ4v) is 3.43. The van der Waals surface area contributed by atoms with Crippen molar-refractivity contribution in [3.05, 3.63) is 77.9 Å². The standard InChI is InChI=1S/C22H18FN5O/c1-13-21(14-2-3-14)27-20-9-6-17(12-28(13)20)26-22(29)16-4-7-18(24-11-16)15-5-8-19(23)25-10-15/h4-12,14H,2-3H2,1H3,(H,26,29). The van der Waals surface area contributed by atoms with Crippen molar-refractivity contribution in [3.63, 3.8) is 0 Å². The molecule has 0 aromatic carbocycles. The van der Waals surface area contributed by atoms with E-state index in [0.717, 1.165) is 17.0 Å². The van der Waals surface area contributed by atoms with Crippen LogP contribution in [-0.2, 0) is 0 Å². The predicted molar refractivity (Wildman–Crippen MR) is 107 cm³/mol. The smallest absolute Gasteiger partial charge is 0.257 e. The lowest BCUT2D eigenvalue weighted by molar-refractivity contribution is 0.102. The number of hydrogen-bond donors (Lipinski definition) is 1. The number of pyridine rings is 3. The Kier molecular flexibility index (Phi) is 4.08. The van der Waals surface area contributed by atoms with Gasteiger partial charge in [-0.3, -0.25) is 9.78 Å². The summed E-state index contributed by atoms with van der Waals surface area (Å²) in [6, 6.07) is 10.0. The normalized spacial score (nSPS) is 13.6. The van der Waals surface area contributed by atoms with Gasteiger partial charge in [0, 0.05) is 35.8 Å². The zero-order valence-corrected chi connectivity index (χ0v) is 15.8. The topological polar surface area (TPSA) is 72.2 Å². The highest BCUT2D eigenvalue weighted by atomic mass is 19.1. The summed E-state index contributed by atoms with van der Waals surface area (Å²) in [6.45, 7) is 2.06. The summed E-state index contributed by atoms with van der Waals surface area (Å²) in [6.07, 6.45) is 7.21. The van der Waals surface area contributed by atoms with E-state index in [-0.39, 0.29) is 5.91 Å². The molecular formula is C22H18FN5O. The molecule has 0 aliphatic heterocycles. The zero-order chi connectivity index (χ0) is 20.0. The number of hydrogen-bond acceptors (Lipinski definition) is 4. The van der Waals surface area contributed by atoms with E-state index in [1.54, 1.807) is 18.2 Å². The van der Waals surface area contributed by atoms with Crippen molar-refractivity contribution in [1.82, 2.24) is 19.4 Å². The highest BCUT2D eigenvalue weighted by Gasteiger charge is 2.28. The molecule has 1 N–H and O–H groups in total. The quantitative estimate of drug-likeness (QED) is 0.528. The number of aromatic nitrogens is 4. The maximum Gasteiger partial charge on any atom is 0.257 e. The molecule has 4 heterocycles. The Morgan fingerprint density at radius 1 is 1.10 bits per heavy atom. The lowest BCUT2D eigenvalue weighted by Crippen LogP contribution is -2.12. The third-order valence-corrected chi connectivity index (χ3v) is 5.16. The molecule has 4 aromatic heterocycles. The molecule has 1 aliphatic carbocycles. The molecule has 0 bridgehead atoms. The van der Waals surface area contributed by atoms with Crippen LogP contribution in [0.4, 0.5) is 10.1 Å². The van der Waals surface area contributed by atoms with Crippen LogP contribution in [-0.4, -0.2) is 25.3 Å². The molecule has 7 heteroatoms. The number of nitrogens with zero attached hydrogens (tertiary/aromatic N) is 4. The third kappa shape index (κ3) is 3.35. The Bertz CT molecular complexity index is 1210. The van der Waals surface area contributed by atoms with Crippen LogP contribution in [0.15, 0.2) is 55.0 Å². The average Bonchev–Trinajstić information content (AvgIpc) is 3.53. The monoisotopic (exact) mass is 387 g/mol. The summed E-state index contributed by atoms with van der Waals surface area (Å²) in [4.78, 5) is 25.2. The molecule has 1 amide bonds. The molecule has 0 saturated heterocycles. The molecule has 5 rings (SSSR count). The minimum absolute atomic E-state index is 0.249. The Hall–Kier alpha value is -3.61. The number of aryl methyl sites for hydroxylation is 1. The van der Waals surface area contributed by atoms with Crippen molar-refractivity contribution >= 4 is 17.2 Å². The van der Waals surface area contributed by atoms with E-state index in [1.165, 1.54) is 31.3 Å². The average molecular weight is 387 g/mol. The predicted octanol–water partition coefficient (Wildman–Crippen LogP) is 4.37. The SMILES string of the molecule is Cc1c(C2CC2)nc2ccc(NC(=O)c3ccc(-c4ccc(F)nc4)nc3)cn12. The molecule has 0 spiro atoms. The number of imidazole rings is 1. The molecule has 29 heavy (non-hydrogen) atoms. The van der Waals surface area contributed by atoms with Crippen molar-refractivity contribution in [2.45, 2.75) is 25.7 Å². The number of anilines is 1. The molecule has 0 unspecified atom stereocenters. The fraction of sp³-hybridized carbons (Fsp3) is 0.182. The van der Waals surface area contributed by atoms with Gasteiger partial charge in [0.25, 0.3) is 5.91 Å². The molecule has 0 atom stereocenters. The first-order valence-corrected chi connectivity index (χ1v) is 9.46. The summed E-state index contributed by atoms with van der Waals surface area (Å²) < 4.78 is 15.0. The van der Waals surface area contributed by atoms with Crippen LogP contribution in [0.5, 0.6) is 0 Å². The van der Waals surface area contributed by atoms with Gasteiger partial charge in [-0.1, -0.05) is 0 Å². The first-order chi connectivity index (χ1) is 14.1. The van der Waals surface area contributed by atoms with E-state index < -0.39 is 5.95 Å². The minimum atomic E-state index is -0.543.